The van der Waals surface area contributed by atoms with Crippen molar-refractivity contribution in [3.63, 3.8) is 0 Å². The topological polar surface area (TPSA) is 49.8 Å². The second kappa shape index (κ2) is 8.84. The highest BCUT2D eigenvalue weighted by atomic mass is 16.5. The van der Waals surface area contributed by atoms with Crippen LogP contribution >= 0.6 is 0 Å². The van der Waals surface area contributed by atoms with Gasteiger partial charge in [-0.05, 0) is 63.6 Å². The molecule has 1 aliphatic carbocycles. The van der Waals surface area contributed by atoms with E-state index in [9.17, 15) is 4.79 Å². The summed E-state index contributed by atoms with van der Waals surface area (Å²) in [6.07, 6.45) is 6.69. The van der Waals surface area contributed by atoms with Crippen LogP contribution in [0.1, 0.15) is 78.7 Å². The average Bonchev–Trinajstić information content (AvgIpc) is 2.77. The molecule has 0 unspecified atom stereocenters. The van der Waals surface area contributed by atoms with Crippen LogP contribution in [0, 0.1) is 0 Å². The average molecular weight is 434 g/mol. The summed E-state index contributed by atoms with van der Waals surface area (Å²) in [5.74, 6) is -0.895. The Bertz CT molecular complexity index is 1010. The molecule has 1 aliphatic heterocycles. The third kappa shape index (κ3) is 4.82. The maximum absolute atomic E-state index is 11.1. The fraction of sp³-hybridized carbons (Fsp3) is 0.464. The van der Waals surface area contributed by atoms with Crippen molar-refractivity contribution in [1.29, 1.82) is 0 Å². The maximum atomic E-state index is 11.1. The number of nitrogens with zero attached hydrogens (tertiary/aromatic N) is 1. The Morgan fingerprint density at radius 3 is 2.16 bits per heavy atom. The summed E-state index contributed by atoms with van der Waals surface area (Å²) in [4.78, 5) is 13.6. The molecule has 4 rings (SSSR count). The van der Waals surface area contributed by atoms with E-state index in [4.69, 9.17) is 9.84 Å². The number of carboxylic acids is 1. The lowest BCUT2D eigenvalue weighted by Gasteiger charge is -2.42. The van der Waals surface area contributed by atoms with Crippen LogP contribution in [0.2, 0.25) is 0 Å². The van der Waals surface area contributed by atoms with Crippen LogP contribution in [0.25, 0.3) is 12.2 Å². The molecular weight excluding hydrogens is 398 g/mol. The smallest absolute Gasteiger partial charge is 0.335 e. The summed E-state index contributed by atoms with van der Waals surface area (Å²) in [6, 6.07) is 11.9. The van der Waals surface area contributed by atoms with Crippen LogP contribution in [-0.2, 0) is 22.1 Å². The molecule has 0 radical (unpaired) electrons. The first-order valence-electron chi connectivity index (χ1n) is 11.7. The minimum Gasteiger partial charge on any atom is -0.478 e. The lowest BCUT2D eigenvalue weighted by atomic mass is 9.62. The van der Waals surface area contributed by atoms with Gasteiger partial charge in [0.05, 0.1) is 18.8 Å². The van der Waals surface area contributed by atoms with Gasteiger partial charge in [0.2, 0.25) is 0 Å². The molecule has 2 aliphatic rings. The highest BCUT2D eigenvalue weighted by molar-refractivity contribution is 5.88. The molecule has 0 saturated carbocycles. The lowest BCUT2D eigenvalue weighted by Crippen LogP contribution is -2.37. The summed E-state index contributed by atoms with van der Waals surface area (Å²) in [5.41, 5.74) is 7.21. The Kier molecular flexibility index (Phi) is 6.28. The van der Waals surface area contributed by atoms with Gasteiger partial charge >= 0.3 is 5.97 Å². The first-order chi connectivity index (χ1) is 15.2. The van der Waals surface area contributed by atoms with Gasteiger partial charge in [0.15, 0.2) is 0 Å². The maximum Gasteiger partial charge on any atom is 0.335 e. The first-order valence-corrected chi connectivity index (χ1v) is 11.7. The molecule has 0 spiro atoms. The van der Waals surface area contributed by atoms with Gasteiger partial charge < -0.3 is 9.84 Å². The number of benzene rings is 2. The number of aromatic carboxylic acids is 1. The zero-order valence-corrected chi connectivity index (χ0v) is 19.8. The van der Waals surface area contributed by atoms with Crippen LogP contribution in [0.3, 0.4) is 0 Å². The van der Waals surface area contributed by atoms with Crippen molar-refractivity contribution < 1.29 is 14.6 Å². The van der Waals surface area contributed by atoms with E-state index >= 15 is 0 Å². The van der Waals surface area contributed by atoms with Crippen molar-refractivity contribution in [3.8, 4) is 0 Å². The van der Waals surface area contributed by atoms with E-state index in [0.29, 0.717) is 5.56 Å². The van der Waals surface area contributed by atoms with Gasteiger partial charge in [-0.1, -0.05) is 64.1 Å². The van der Waals surface area contributed by atoms with Crippen molar-refractivity contribution in [2.45, 2.75) is 57.9 Å². The number of morpholine rings is 1. The first kappa shape index (κ1) is 22.8. The largest absolute Gasteiger partial charge is 0.478 e. The highest BCUT2D eigenvalue weighted by Crippen LogP contribution is 2.46. The number of carbonyl (C=O) groups is 1. The molecule has 4 heteroatoms. The molecular formula is C28H35NO3. The Morgan fingerprint density at radius 1 is 0.969 bits per heavy atom. The fourth-order valence-electron chi connectivity index (χ4n) is 4.89. The van der Waals surface area contributed by atoms with Crippen molar-refractivity contribution >= 4 is 18.1 Å². The molecule has 1 N–H and O–H groups in total. The lowest BCUT2D eigenvalue weighted by molar-refractivity contribution is 0.0341. The minimum atomic E-state index is -0.895. The number of hydrogen-bond acceptors (Lipinski definition) is 3. The Labute approximate surface area is 191 Å². The van der Waals surface area contributed by atoms with E-state index in [1.807, 2.05) is 12.1 Å². The summed E-state index contributed by atoms with van der Waals surface area (Å²) < 4.78 is 5.55. The minimum absolute atomic E-state index is 0.161. The zero-order valence-electron chi connectivity index (χ0n) is 19.8. The van der Waals surface area contributed by atoms with Gasteiger partial charge in [0.1, 0.15) is 0 Å². The molecule has 1 saturated heterocycles. The predicted molar refractivity (Wildman–Crippen MR) is 130 cm³/mol. The van der Waals surface area contributed by atoms with Gasteiger partial charge in [-0.2, -0.15) is 0 Å². The van der Waals surface area contributed by atoms with Crippen molar-refractivity contribution in [2.24, 2.45) is 0 Å². The summed E-state index contributed by atoms with van der Waals surface area (Å²) in [6.45, 7) is 13.9. The number of hydrogen-bond donors (Lipinski definition) is 1. The molecule has 1 fully saturated rings. The van der Waals surface area contributed by atoms with E-state index < -0.39 is 5.97 Å². The van der Waals surface area contributed by atoms with E-state index in [-0.39, 0.29) is 10.8 Å². The fourth-order valence-corrected chi connectivity index (χ4v) is 4.89. The highest BCUT2D eigenvalue weighted by Gasteiger charge is 2.37. The summed E-state index contributed by atoms with van der Waals surface area (Å²) in [7, 11) is 0. The standard InChI is InChI=1S/C28H35NO3/c1-27(2)11-12-28(3,4)25-18-23(19-29-13-15-32-16-14-29)22(17-24(25)27)10-7-20-5-8-21(9-6-20)26(30)31/h5-10,17-18H,11-16,19H2,1-4H3,(H,30,31)/b10-7+. The van der Waals surface area contributed by atoms with E-state index in [1.165, 1.54) is 35.1 Å². The van der Waals surface area contributed by atoms with Crippen LogP contribution in [0.4, 0.5) is 0 Å². The predicted octanol–water partition coefficient (Wildman–Crippen LogP) is 5.74. The molecule has 1 heterocycles. The molecule has 0 atom stereocenters. The van der Waals surface area contributed by atoms with Crippen LogP contribution < -0.4 is 0 Å². The molecule has 2 aromatic rings. The molecule has 0 bridgehead atoms. The number of fused-ring (bicyclic) bond motifs is 1. The second-order valence-electron chi connectivity index (χ2n) is 10.5. The number of carboxylic acid groups (broad SMARTS) is 1. The molecule has 0 amide bonds. The Morgan fingerprint density at radius 2 is 1.56 bits per heavy atom. The van der Waals surface area contributed by atoms with Gasteiger partial charge in [-0.15, -0.1) is 0 Å². The van der Waals surface area contributed by atoms with Crippen LogP contribution in [0.15, 0.2) is 36.4 Å². The van der Waals surface area contributed by atoms with E-state index in [1.54, 1.807) is 12.1 Å². The Hall–Kier alpha value is -2.43. The molecule has 32 heavy (non-hydrogen) atoms. The molecule has 2 aromatic carbocycles. The number of ether oxygens (including phenoxy) is 1. The van der Waals surface area contributed by atoms with Gasteiger partial charge in [0, 0.05) is 19.6 Å². The normalized spacial score (nSPS) is 20.2. The molecule has 170 valence electrons. The summed E-state index contributed by atoms with van der Waals surface area (Å²) >= 11 is 0. The van der Waals surface area contributed by atoms with Crippen molar-refractivity contribution in [1.82, 2.24) is 4.90 Å². The number of rotatable bonds is 5. The van der Waals surface area contributed by atoms with Crippen LogP contribution in [-0.4, -0.2) is 42.3 Å². The third-order valence-corrected chi connectivity index (χ3v) is 7.22. The second-order valence-corrected chi connectivity index (χ2v) is 10.5. The van der Waals surface area contributed by atoms with Gasteiger partial charge in [-0.25, -0.2) is 4.79 Å². The summed E-state index contributed by atoms with van der Waals surface area (Å²) in [5, 5.41) is 9.15. The third-order valence-electron chi connectivity index (χ3n) is 7.22. The van der Waals surface area contributed by atoms with Crippen LogP contribution in [0.5, 0.6) is 0 Å². The SMILES string of the molecule is CC1(C)CCC(C)(C)c2cc(CN3CCOCC3)c(/C=C/c3ccc(C(=O)O)cc3)cc21. The van der Waals surface area contributed by atoms with Gasteiger partial charge in [-0.3, -0.25) is 4.90 Å². The molecule has 0 aromatic heterocycles. The van der Waals surface area contributed by atoms with E-state index in [0.717, 1.165) is 38.4 Å². The van der Waals surface area contributed by atoms with Crippen molar-refractivity contribution in [3.05, 3.63) is 69.8 Å². The van der Waals surface area contributed by atoms with Gasteiger partial charge in [0.25, 0.3) is 0 Å². The molecule has 4 nitrogen and oxygen atoms in total. The quantitative estimate of drug-likeness (QED) is 0.611. The monoisotopic (exact) mass is 433 g/mol. The van der Waals surface area contributed by atoms with Crippen molar-refractivity contribution in [2.75, 3.05) is 26.3 Å². The Balaban J connectivity index is 1.73. The zero-order chi connectivity index (χ0) is 22.9. The van der Waals surface area contributed by atoms with E-state index in [2.05, 4.69) is 56.9 Å².